The highest BCUT2D eigenvalue weighted by molar-refractivity contribution is 8.29. The summed E-state index contributed by atoms with van der Waals surface area (Å²) in [4.78, 5) is 29.3. The standard InChI is InChI=1S/C20H33N3O5S/c1-19(2,3)28-18(24)22-11-14-9-16(23(25)26)10-21-17(14)15(12-22)13-27-29(7,8)20(4,5)6/h9-10,15H,11-13H2,1-8H3. The summed E-state index contributed by atoms with van der Waals surface area (Å²) in [5.41, 5.74) is 0.700. The molecule has 1 unspecified atom stereocenters. The fraction of sp³-hybridized carbons (Fsp3) is 0.700. The quantitative estimate of drug-likeness (QED) is 0.514. The molecule has 0 aliphatic carbocycles. The summed E-state index contributed by atoms with van der Waals surface area (Å²) in [5, 5.41) is 11.2. The Bertz CT molecular complexity index is 783. The van der Waals surface area contributed by atoms with Gasteiger partial charge in [0.15, 0.2) is 0 Å². The van der Waals surface area contributed by atoms with Crippen LogP contribution in [0.3, 0.4) is 0 Å². The molecule has 1 aromatic rings. The minimum atomic E-state index is -1.36. The number of ether oxygens (including phenoxy) is 1. The van der Waals surface area contributed by atoms with Crippen LogP contribution in [-0.2, 0) is 15.5 Å². The van der Waals surface area contributed by atoms with E-state index >= 15 is 0 Å². The van der Waals surface area contributed by atoms with Gasteiger partial charge in [0.05, 0.1) is 23.8 Å². The summed E-state index contributed by atoms with van der Waals surface area (Å²) in [5.74, 6) is -0.179. The van der Waals surface area contributed by atoms with E-state index in [4.69, 9.17) is 8.92 Å². The van der Waals surface area contributed by atoms with E-state index in [-0.39, 0.29) is 22.9 Å². The predicted molar refractivity (Wildman–Crippen MR) is 115 cm³/mol. The number of pyridine rings is 1. The Hall–Kier alpha value is -1.87. The summed E-state index contributed by atoms with van der Waals surface area (Å²) in [6.07, 6.45) is 5.07. The SMILES string of the molecule is CC(C)(C)OC(=O)N1Cc2cc([N+](=O)[O-])cnc2C(COS(C)(C)C(C)(C)C)C1. The van der Waals surface area contributed by atoms with Crippen molar-refractivity contribution in [1.82, 2.24) is 9.88 Å². The maximum atomic E-state index is 12.7. The minimum absolute atomic E-state index is 0.00173. The zero-order valence-electron chi connectivity index (χ0n) is 18.6. The van der Waals surface area contributed by atoms with Crippen molar-refractivity contribution < 1.29 is 18.6 Å². The molecule has 0 saturated heterocycles. The third-order valence-corrected chi connectivity index (χ3v) is 8.75. The second-order valence-corrected chi connectivity index (χ2v) is 13.6. The average molecular weight is 428 g/mol. The summed E-state index contributed by atoms with van der Waals surface area (Å²) in [6.45, 7) is 12.9. The molecule has 164 valence electrons. The largest absolute Gasteiger partial charge is 0.444 e. The van der Waals surface area contributed by atoms with Gasteiger partial charge < -0.3 is 13.8 Å². The molecule has 8 nitrogen and oxygen atoms in total. The first-order valence-electron chi connectivity index (χ1n) is 9.59. The number of hydrogen-bond acceptors (Lipinski definition) is 6. The fourth-order valence-corrected chi connectivity index (χ4v) is 3.61. The molecule has 1 aliphatic rings. The number of carbonyl (C=O) groups is 1. The zero-order valence-corrected chi connectivity index (χ0v) is 19.5. The minimum Gasteiger partial charge on any atom is -0.444 e. The molecule has 0 aromatic carbocycles. The zero-order chi connectivity index (χ0) is 22.2. The smallest absolute Gasteiger partial charge is 0.410 e. The number of hydrogen-bond donors (Lipinski definition) is 0. The Morgan fingerprint density at radius 3 is 2.45 bits per heavy atom. The van der Waals surface area contributed by atoms with Crippen molar-refractivity contribution in [1.29, 1.82) is 0 Å². The molecule has 2 rings (SSSR count). The van der Waals surface area contributed by atoms with E-state index in [9.17, 15) is 14.9 Å². The third-order valence-electron chi connectivity index (χ3n) is 5.08. The van der Waals surface area contributed by atoms with Crippen LogP contribution < -0.4 is 0 Å². The molecule has 0 radical (unpaired) electrons. The van der Waals surface area contributed by atoms with Crippen LogP contribution in [0.2, 0.25) is 0 Å². The van der Waals surface area contributed by atoms with Crippen molar-refractivity contribution in [3.05, 3.63) is 33.6 Å². The van der Waals surface area contributed by atoms with Gasteiger partial charge >= 0.3 is 6.09 Å². The average Bonchev–Trinajstić information content (AvgIpc) is 2.56. The maximum Gasteiger partial charge on any atom is 0.410 e. The van der Waals surface area contributed by atoms with Crippen LogP contribution in [0.15, 0.2) is 12.3 Å². The number of nitro groups is 1. The van der Waals surface area contributed by atoms with Crippen LogP contribution in [0.5, 0.6) is 0 Å². The van der Waals surface area contributed by atoms with Gasteiger partial charge in [-0.15, -0.1) is 10.3 Å². The van der Waals surface area contributed by atoms with E-state index in [1.165, 1.54) is 12.3 Å². The van der Waals surface area contributed by atoms with Crippen LogP contribution in [-0.4, -0.2) is 56.9 Å². The van der Waals surface area contributed by atoms with Gasteiger partial charge in [0.1, 0.15) is 11.8 Å². The summed E-state index contributed by atoms with van der Waals surface area (Å²) in [7, 11) is -1.36. The Kier molecular flexibility index (Phi) is 6.54. The van der Waals surface area contributed by atoms with Gasteiger partial charge in [-0.2, -0.15) is 0 Å². The van der Waals surface area contributed by atoms with Crippen molar-refractivity contribution in [3.8, 4) is 0 Å². The molecule has 1 aromatic heterocycles. The number of fused-ring (bicyclic) bond motifs is 1. The van der Waals surface area contributed by atoms with Crippen LogP contribution in [0, 0.1) is 10.1 Å². The molecule has 1 amide bonds. The monoisotopic (exact) mass is 427 g/mol. The topological polar surface area (TPSA) is 94.8 Å². The van der Waals surface area contributed by atoms with E-state index in [1.54, 1.807) is 4.90 Å². The van der Waals surface area contributed by atoms with Gasteiger partial charge in [-0.25, -0.2) is 4.79 Å². The number of nitrogens with zero attached hydrogens (tertiary/aromatic N) is 3. The van der Waals surface area contributed by atoms with Crippen molar-refractivity contribution >= 4 is 22.1 Å². The van der Waals surface area contributed by atoms with Crippen molar-refractivity contribution in [2.24, 2.45) is 0 Å². The lowest BCUT2D eigenvalue weighted by Crippen LogP contribution is -2.43. The van der Waals surface area contributed by atoms with E-state index < -0.39 is 26.9 Å². The Labute approximate surface area is 174 Å². The molecule has 0 spiro atoms. The molecular formula is C20H33N3O5S. The first-order valence-corrected chi connectivity index (χ1v) is 12.0. The Morgan fingerprint density at radius 2 is 1.93 bits per heavy atom. The first-order chi connectivity index (χ1) is 13.1. The van der Waals surface area contributed by atoms with E-state index in [0.717, 1.165) is 5.69 Å². The lowest BCUT2D eigenvalue weighted by Gasteiger charge is -2.45. The number of carbonyl (C=O) groups excluding carboxylic acids is 1. The summed E-state index contributed by atoms with van der Waals surface area (Å²) < 4.78 is 11.8. The second kappa shape index (κ2) is 8.10. The highest BCUT2D eigenvalue weighted by Gasteiger charge is 2.35. The molecule has 9 heteroatoms. The third kappa shape index (κ3) is 5.82. The highest BCUT2D eigenvalue weighted by Crippen LogP contribution is 2.54. The van der Waals surface area contributed by atoms with E-state index in [2.05, 4.69) is 38.3 Å². The molecular weight excluding hydrogens is 394 g/mol. The van der Waals surface area contributed by atoms with E-state index in [0.29, 0.717) is 18.7 Å². The molecule has 0 bridgehead atoms. The van der Waals surface area contributed by atoms with E-state index in [1.807, 2.05) is 20.8 Å². The predicted octanol–water partition coefficient (Wildman–Crippen LogP) is 4.62. The summed E-state index contributed by atoms with van der Waals surface area (Å²) >= 11 is 0. The first kappa shape index (κ1) is 23.4. The molecule has 0 fully saturated rings. The van der Waals surface area contributed by atoms with Crippen LogP contribution >= 0.6 is 10.3 Å². The van der Waals surface area contributed by atoms with Gasteiger partial charge in [0.2, 0.25) is 0 Å². The number of rotatable bonds is 4. The van der Waals surface area contributed by atoms with Crippen molar-refractivity contribution in [2.75, 3.05) is 25.7 Å². The van der Waals surface area contributed by atoms with Crippen LogP contribution in [0.25, 0.3) is 0 Å². The van der Waals surface area contributed by atoms with Gasteiger partial charge in [0.25, 0.3) is 5.69 Å². The molecule has 0 N–H and O–H groups in total. The van der Waals surface area contributed by atoms with Gasteiger partial charge in [-0.1, -0.05) is 20.8 Å². The highest BCUT2D eigenvalue weighted by atomic mass is 32.3. The lowest BCUT2D eigenvalue weighted by atomic mass is 9.95. The maximum absolute atomic E-state index is 12.7. The summed E-state index contributed by atoms with van der Waals surface area (Å²) in [6, 6.07) is 1.49. The van der Waals surface area contributed by atoms with Crippen molar-refractivity contribution in [2.45, 2.75) is 64.4 Å². The van der Waals surface area contributed by atoms with Crippen LogP contribution in [0.1, 0.15) is 58.7 Å². The normalized spacial score (nSPS) is 18.2. The molecule has 1 aliphatic heterocycles. The molecule has 0 saturated carbocycles. The molecule has 1 atom stereocenters. The lowest BCUT2D eigenvalue weighted by molar-refractivity contribution is -0.385. The second-order valence-electron chi connectivity index (χ2n) is 9.68. The van der Waals surface area contributed by atoms with Gasteiger partial charge in [-0.05, 0) is 33.3 Å². The van der Waals surface area contributed by atoms with Gasteiger partial charge in [-0.3, -0.25) is 15.1 Å². The Morgan fingerprint density at radius 1 is 1.31 bits per heavy atom. The van der Waals surface area contributed by atoms with Crippen molar-refractivity contribution in [3.63, 3.8) is 0 Å². The van der Waals surface area contributed by atoms with Crippen LogP contribution in [0.4, 0.5) is 10.5 Å². The molecule has 2 heterocycles. The molecule has 29 heavy (non-hydrogen) atoms. The fourth-order valence-electron chi connectivity index (χ4n) is 2.75. The number of aromatic nitrogens is 1. The van der Waals surface area contributed by atoms with Gasteiger partial charge in [0, 0.05) is 28.8 Å². The number of amides is 1. The Balaban J connectivity index is 2.32.